The van der Waals surface area contributed by atoms with Crippen LogP contribution in [0.1, 0.15) is 21.5 Å². The van der Waals surface area contributed by atoms with Crippen molar-refractivity contribution in [2.45, 2.75) is 13.0 Å². The second kappa shape index (κ2) is 6.71. The zero-order valence-electron chi connectivity index (χ0n) is 10.8. The van der Waals surface area contributed by atoms with E-state index in [9.17, 15) is 4.79 Å². The Bertz CT molecular complexity index is 537. The Balaban J connectivity index is 2.04. The Labute approximate surface area is 113 Å². The summed E-state index contributed by atoms with van der Waals surface area (Å²) in [5.74, 6) is -0.0482. The number of nitrogens with two attached hydrogens (primary N) is 1. The maximum absolute atomic E-state index is 12.2. The van der Waals surface area contributed by atoms with Crippen LogP contribution in [-0.2, 0) is 13.0 Å². The number of rotatable bonds is 5. The van der Waals surface area contributed by atoms with Crippen molar-refractivity contribution >= 4 is 5.91 Å². The molecule has 0 saturated carbocycles. The van der Waals surface area contributed by atoms with Crippen LogP contribution in [0.2, 0.25) is 0 Å². The van der Waals surface area contributed by atoms with E-state index in [1.54, 1.807) is 0 Å². The number of hydrogen-bond donors (Lipinski definition) is 2. The van der Waals surface area contributed by atoms with Gasteiger partial charge >= 0.3 is 0 Å². The molecule has 0 unspecified atom stereocenters. The second-order valence-corrected chi connectivity index (χ2v) is 4.36. The van der Waals surface area contributed by atoms with E-state index in [1.165, 1.54) is 0 Å². The molecule has 0 saturated heterocycles. The summed E-state index contributed by atoms with van der Waals surface area (Å²) in [5, 5.41) is 2.93. The summed E-state index contributed by atoms with van der Waals surface area (Å²) in [5.41, 5.74) is 8.36. The first-order chi connectivity index (χ1) is 9.31. The second-order valence-electron chi connectivity index (χ2n) is 4.36. The quantitative estimate of drug-likeness (QED) is 0.858. The Morgan fingerprint density at radius 1 is 1.00 bits per heavy atom. The molecule has 0 aliphatic carbocycles. The number of carbonyl (C=O) groups is 1. The lowest BCUT2D eigenvalue weighted by Crippen LogP contribution is -2.24. The van der Waals surface area contributed by atoms with Crippen molar-refractivity contribution in [1.82, 2.24) is 5.32 Å². The lowest BCUT2D eigenvalue weighted by Gasteiger charge is -2.09. The predicted molar refractivity (Wildman–Crippen MR) is 76.8 cm³/mol. The van der Waals surface area contributed by atoms with Crippen LogP contribution in [0.15, 0.2) is 54.6 Å². The Hall–Kier alpha value is -2.13. The third-order valence-corrected chi connectivity index (χ3v) is 2.97. The maximum Gasteiger partial charge on any atom is 0.251 e. The van der Waals surface area contributed by atoms with Crippen molar-refractivity contribution in [1.29, 1.82) is 0 Å². The molecule has 3 heteroatoms. The molecule has 1 amide bonds. The van der Waals surface area contributed by atoms with Crippen LogP contribution < -0.4 is 11.1 Å². The fourth-order valence-electron chi connectivity index (χ4n) is 1.99. The Morgan fingerprint density at radius 2 is 1.68 bits per heavy atom. The highest BCUT2D eigenvalue weighted by Crippen LogP contribution is 2.09. The standard InChI is InChI=1S/C16H18N2O/c17-11-10-14-8-4-5-9-15(14)16(19)18-12-13-6-2-1-3-7-13/h1-9H,10-12,17H2,(H,18,19). The smallest absolute Gasteiger partial charge is 0.251 e. The molecule has 2 aromatic carbocycles. The molecule has 0 fully saturated rings. The SMILES string of the molecule is NCCc1ccccc1C(=O)NCc1ccccc1. The molecule has 3 nitrogen and oxygen atoms in total. The number of hydrogen-bond acceptors (Lipinski definition) is 2. The van der Waals surface area contributed by atoms with Gasteiger partial charge in [-0.25, -0.2) is 0 Å². The summed E-state index contributed by atoms with van der Waals surface area (Å²) in [4.78, 5) is 12.2. The van der Waals surface area contributed by atoms with Gasteiger partial charge < -0.3 is 11.1 Å². The van der Waals surface area contributed by atoms with Gasteiger partial charge in [0.15, 0.2) is 0 Å². The van der Waals surface area contributed by atoms with E-state index in [0.717, 1.165) is 17.5 Å². The lowest BCUT2D eigenvalue weighted by molar-refractivity contribution is 0.0950. The number of amides is 1. The van der Waals surface area contributed by atoms with Gasteiger partial charge in [0.25, 0.3) is 5.91 Å². The zero-order valence-corrected chi connectivity index (χ0v) is 10.8. The molecule has 2 rings (SSSR count). The maximum atomic E-state index is 12.2. The molecular formula is C16H18N2O. The van der Waals surface area contributed by atoms with Crippen LogP contribution in [0.5, 0.6) is 0 Å². The Morgan fingerprint density at radius 3 is 2.42 bits per heavy atom. The van der Waals surface area contributed by atoms with E-state index in [4.69, 9.17) is 5.73 Å². The molecule has 98 valence electrons. The van der Waals surface area contributed by atoms with Gasteiger partial charge in [0, 0.05) is 12.1 Å². The van der Waals surface area contributed by atoms with Crippen LogP contribution in [0.25, 0.3) is 0 Å². The Kier molecular flexibility index (Phi) is 4.70. The molecule has 0 aliphatic rings. The normalized spacial score (nSPS) is 10.2. The van der Waals surface area contributed by atoms with Crippen molar-refractivity contribution in [3.8, 4) is 0 Å². The minimum Gasteiger partial charge on any atom is -0.348 e. The predicted octanol–water partition coefficient (Wildman–Crippen LogP) is 2.12. The fourth-order valence-corrected chi connectivity index (χ4v) is 1.99. The van der Waals surface area contributed by atoms with Gasteiger partial charge in [0.05, 0.1) is 0 Å². The topological polar surface area (TPSA) is 55.1 Å². The average Bonchev–Trinajstić information content (AvgIpc) is 2.47. The molecule has 2 aromatic rings. The van der Waals surface area contributed by atoms with Crippen LogP contribution in [0.4, 0.5) is 0 Å². The molecule has 0 radical (unpaired) electrons. The lowest BCUT2D eigenvalue weighted by atomic mass is 10.0. The summed E-state index contributed by atoms with van der Waals surface area (Å²) in [6.07, 6.45) is 0.717. The number of nitrogens with one attached hydrogen (secondary N) is 1. The highest BCUT2D eigenvalue weighted by Gasteiger charge is 2.09. The van der Waals surface area contributed by atoms with Crippen LogP contribution >= 0.6 is 0 Å². The third kappa shape index (κ3) is 3.66. The first-order valence-corrected chi connectivity index (χ1v) is 6.41. The van der Waals surface area contributed by atoms with Crippen molar-refractivity contribution in [3.05, 3.63) is 71.3 Å². The van der Waals surface area contributed by atoms with E-state index >= 15 is 0 Å². The monoisotopic (exact) mass is 254 g/mol. The first-order valence-electron chi connectivity index (χ1n) is 6.41. The third-order valence-electron chi connectivity index (χ3n) is 2.97. The minimum atomic E-state index is -0.0482. The van der Waals surface area contributed by atoms with Gasteiger partial charge in [-0.3, -0.25) is 4.79 Å². The molecule has 19 heavy (non-hydrogen) atoms. The average molecular weight is 254 g/mol. The summed E-state index contributed by atoms with van der Waals surface area (Å²) >= 11 is 0. The van der Waals surface area contributed by atoms with Gasteiger partial charge in [0.1, 0.15) is 0 Å². The highest BCUT2D eigenvalue weighted by molar-refractivity contribution is 5.95. The van der Waals surface area contributed by atoms with Gasteiger partial charge in [-0.05, 0) is 30.2 Å². The fraction of sp³-hybridized carbons (Fsp3) is 0.188. The van der Waals surface area contributed by atoms with Crippen molar-refractivity contribution in [2.24, 2.45) is 5.73 Å². The highest BCUT2D eigenvalue weighted by atomic mass is 16.1. The van der Waals surface area contributed by atoms with Crippen LogP contribution in [-0.4, -0.2) is 12.5 Å². The largest absolute Gasteiger partial charge is 0.348 e. The molecule has 0 aromatic heterocycles. The van der Waals surface area contributed by atoms with Crippen molar-refractivity contribution < 1.29 is 4.79 Å². The number of benzene rings is 2. The zero-order chi connectivity index (χ0) is 13.5. The van der Waals surface area contributed by atoms with E-state index < -0.39 is 0 Å². The van der Waals surface area contributed by atoms with Gasteiger partial charge in [-0.1, -0.05) is 48.5 Å². The van der Waals surface area contributed by atoms with E-state index in [0.29, 0.717) is 18.7 Å². The molecule has 0 spiro atoms. The summed E-state index contributed by atoms with van der Waals surface area (Å²) in [6, 6.07) is 17.5. The van der Waals surface area contributed by atoms with Crippen molar-refractivity contribution in [2.75, 3.05) is 6.54 Å². The van der Waals surface area contributed by atoms with Crippen LogP contribution in [0, 0.1) is 0 Å². The van der Waals surface area contributed by atoms with Gasteiger partial charge in [0.2, 0.25) is 0 Å². The molecule has 0 atom stereocenters. The van der Waals surface area contributed by atoms with E-state index in [1.807, 2.05) is 54.6 Å². The van der Waals surface area contributed by atoms with Gasteiger partial charge in [-0.15, -0.1) is 0 Å². The molecular weight excluding hydrogens is 236 g/mol. The molecule has 0 aliphatic heterocycles. The summed E-state index contributed by atoms with van der Waals surface area (Å²) < 4.78 is 0. The summed E-state index contributed by atoms with van der Waals surface area (Å²) in [6.45, 7) is 1.08. The van der Waals surface area contributed by atoms with Crippen LogP contribution in [0.3, 0.4) is 0 Å². The van der Waals surface area contributed by atoms with Gasteiger partial charge in [-0.2, -0.15) is 0 Å². The molecule has 0 heterocycles. The first kappa shape index (κ1) is 13.3. The summed E-state index contributed by atoms with van der Waals surface area (Å²) in [7, 11) is 0. The minimum absolute atomic E-state index is 0.0482. The molecule has 0 bridgehead atoms. The van der Waals surface area contributed by atoms with Crippen molar-refractivity contribution in [3.63, 3.8) is 0 Å². The van der Waals surface area contributed by atoms with E-state index in [-0.39, 0.29) is 5.91 Å². The molecule has 3 N–H and O–H groups in total. The van der Waals surface area contributed by atoms with E-state index in [2.05, 4.69) is 5.32 Å². The number of carbonyl (C=O) groups excluding carboxylic acids is 1.